The summed E-state index contributed by atoms with van der Waals surface area (Å²) in [5.41, 5.74) is 6.00. The lowest BCUT2D eigenvalue weighted by atomic mass is 10.2. The van der Waals surface area contributed by atoms with Crippen LogP contribution < -0.4 is 20.9 Å². The number of hydrogen-bond acceptors (Lipinski definition) is 4. The topological polar surface area (TPSA) is 96.5 Å². The van der Waals surface area contributed by atoms with Gasteiger partial charge in [0.2, 0.25) is 11.8 Å². The zero-order valence-electron chi connectivity index (χ0n) is 16.7. The zero-order chi connectivity index (χ0) is 21.1. The lowest BCUT2D eigenvalue weighted by Gasteiger charge is -2.13. The fourth-order valence-corrected chi connectivity index (χ4v) is 2.40. The molecule has 0 aromatic heterocycles. The van der Waals surface area contributed by atoms with Crippen LogP contribution in [-0.2, 0) is 16.1 Å². The summed E-state index contributed by atoms with van der Waals surface area (Å²) < 4.78 is 5.64. The normalized spacial score (nSPS) is 10.3. The summed E-state index contributed by atoms with van der Waals surface area (Å²) in [4.78, 5) is 36.1. The quantitative estimate of drug-likeness (QED) is 0.567. The van der Waals surface area contributed by atoms with Crippen molar-refractivity contribution in [3.63, 3.8) is 0 Å². The molecule has 7 heteroatoms. The Morgan fingerprint density at radius 2 is 1.52 bits per heavy atom. The molecule has 7 nitrogen and oxygen atoms in total. The minimum atomic E-state index is -0.480. The van der Waals surface area contributed by atoms with Crippen molar-refractivity contribution in [2.45, 2.75) is 33.2 Å². The second-order valence-corrected chi connectivity index (χ2v) is 6.97. The molecule has 0 heterocycles. The molecule has 3 N–H and O–H groups in total. The van der Waals surface area contributed by atoms with Crippen molar-refractivity contribution in [1.29, 1.82) is 0 Å². The molecule has 0 atom stereocenters. The number of carbonyl (C=O) groups excluding carboxylic acids is 3. The molecule has 2 rings (SSSR count). The van der Waals surface area contributed by atoms with Gasteiger partial charge in [-0.1, -0.05) is 56.3 Å². The number of carbonyl (C=O) groups is 3. The molecular formula is C22H27N3O4. The molecule has 2 aromatic rings. The second-order valence-electron chi connectivity index (χ2n) is 6.97. The van der Waals surface area contributed by atoms with E-state index in [2.05, 4.69) is 16.2 Å². The Hall–Kier alpha value is -3.35. The maximum absolute atomic E-state index is 12.3. The molecule has 3 amide bonds. The average Bonchev–Trinajstić information content (AvgIpc) is 2.74. The molecule has 0 spiro atoms. The minimum Gasteiger partial charge on any atom is -0.492 e. The van der Waals surface area contributed by atoms with Crippen LogP contribution in [0.1, 0.15) is 42.6 Å². The molecular weight excluding hydrogens is 370 g/mol. The van der Waals surface area contributed by atoms with Crippen LogP contribution in [0.3, 0.4) is 0 Å². The molecule has 0 aliphatic heterocycles. The summed E-state index contributed by atoms with van der Waals surface area (Å²) in [6.07, 6.45) is -0.00494. The Labute approximate surface area is 170 Å². The third kappa shape index (κ3) is 8.04. The van der Waals surface area contributed by atoms with E-state index < -0.39 is 11.8 Å². The van der Waals surface area contributed by atoms with Crippen LogP contribution in [0.15, 0.2) is 54.6 Å². The van der Waals surface area contributed by atoms with E-state index in [4.69, 9.17) is 4.74 Å². The largest absolute Gasteiger partial charge is 0.492 e. The van der Waals surface area contributed by atoms with E-state index in [1.807, 2.05) is 44.2 Å². The van der Waals surface area contributed by atoms with E-state index in [9.17, 15) is 14.4 Å². The first-order valence-corrected chi connectivity index (χ1v) is 9.57. The first-order chi connectivity index (χ1) is 14.0. The van der Waals surface area contributed by atoms with Crippen molar-refractivity contribution in [2.75, 3.05) is 6.61 Å². The number of hydrogen-bond donors (Lipinski definition) is 3. The SMILES string of the molecule is CC(C)COc1ccccc1C(=O)NNC(=O)CCC(=O)NCc1ccccc1. The first kappa shape index (κ1) is 21.9. The Morgan fingerprint density at radius 3 is 2.24 bits per heavy atom. The molecule has 0 bridgehead atoms. The van der Waals surface area contributed by atoms with E-state index in [1.54, 1.807) is 24.3 Å². The predicted octanol–water partition coefficient (Wildman–Crippen LogP) is 2.58. The van der Waals surface area contributed by atoms with Crippen molar-refractivity contribution in [3.05, 3.63) is 65.7 Å². The fraction of sp³-hybridized carbons (Fsp3) is 0.318. The lowest BCUT2D eigenvalue weighted by molar-refractivity contribution is -0.126. The van der Waals surface area contributed by atoms with E-state index in [1.165, 1.54) is 0 Å². The Kier molecular flexibility index (Phi) is 8.69. The van der Waals surface area contributed by atoms with Crippen LogP contribution >= 0.6 is 0 Å². The number of ether oxygens (including phenoxy) is 1. The van der Waals surface area contributed by atoms with Crippen LogP contribution in [-0.4, -0.2) is 24.3 Å². The average molecular weight is 397 g/mol. The highest BCUT2D eigenvalue weighted by atomic mass is 16.5. The van der Waals surface area contributed by atoms with E-state index in [-0.39, 0.29) is 18.7 Å². The lowest BCUT2D eigenvalue weighted by Crippen LogP contribution is -2.42. The van der Waals surface area contributed by atoms with Gasteiger partial charge in [-0.05, 0) is 23.6 Å². The molecule has 0 saturated heterocycles. The highest BCUT2D eigenvalue weighted by molar-refractivity contribution is 5.98. The molecule has 0 aliphatic carbocycles. The van der Waals surface area contributed by atoms with E-state index in [0.29, 0.717) is 30.4 Å². The Bertz CT molecular complexity index is 822. The second kappa shape index (κ2) is 11.5. The third-order valence-corrected chi connectivity index (χ3v) is 3.93. The Morgan fingerprint density at radius 1 is 0.862 bits per heavy atom. The Balaban J connectivity index is 1.73. The fourth-order valence-electron chi connectivity index (χ4n) is 2.40. The summed E-state index contributed by atoms with van der Waals surface area (Å²) in [6.45, 7) is 4.91. The summed E-state index contributed by atoms with van der Waals surface area (Å²) in [5.74, 6) is -0.394. The predicted molar refractivity (Wildman–Crippen MR) is 110 cm³/mol. The summed E-state index contributed by atoms with van der Waals surface area (Å²) in [6, 6.07) is 16.3. The van der Waals surface area contributed by atoms with Gasteiger partial charge in [0, 0.05) is 19.4 Å². The minimum absolute atomic E-state index is 0.0304. The van der Waals surface area contributed by atoms with Crippen LogP contribution in [0.5, 0.6) is 5.75 Å². The zero-order valence-corrected chi connectivity index (χ0v) is 16.7. The first-order valence-electron chi connectivity index (χ1n) is 9.57. The highest BCUT2D eigenvalue weighted by Gasteiger charge is 2.14. The third-order valence-electron chi connectivity index (χ3n) is 3.93. The number of rotatable bonds is 9. The van der Waals surface area contributed by atoms with Gasteiger partial charge in [-0.2, -0.15) is 0 Å². The van der Waals surface area contributed by atoms with Gasteiger partial charge in [-0.15, -0.1) is 0 Å². The number of para-hydroxylation sites is 1. The summed E-state index contributed by atoms with van der Waals surface area (Å²) in [7, 11) is 0. The van der Waals surface area contributed by atoms with E-state index in [0.717, 1.165) is 5.56 Å². The van der Waals surface area contributed by atoms with Crippen molar-refractivity contribution < 1.29 is 19.1 Å². The number of hydrazine groups is 1. The van der Waals surface area contributed by atoms with Crippen molar-refractivity contribution in [2.24, 2.45) is 5.92 Å². The molecule has 2 aromatic carbocycles. The smallest absolute Gasteiger partial charge is 0.273 e. The van der Waals surface area contributed by atoms with Crippen LogP contribution in [0.25, 0.3) is 0 Å². The standard InChI is InChI=1S/C22H27N3O4/c1-16(2)15-29-19-11-7-6-10-18(19)22(28)25-24-21(27)13-12-20(26)23-14-17-8-4-3-5-9-17/h3-11,16H,12-15H2,1-2H3,(H,23,26)(H,24,27)(H,25,28). The molecule has 154 valence electrons. The van der Waals surface area contributed by atoms with Crippen molar-refractivity contribution >= 4 is 17.7 Å². The van der Waals surface area contributed by atoms with Crippen molar-refractivity contribution in [1.82, 2.24) is 16.2 Å². The highest BCUT2D eigenvalue weighted by Crippen LogP contribution is 2.18. The number of amides is 3. The van der Waals surface area contributed by atoms with Crippen molar-refractivity contribution in [3.8, 4) is 5.75 Å². The van der Waals surface area contributed by atoms with Gasteiger partial charge < -0.3 is 10.1 Å². The number of benzene rings is 2. The van der Waals surface area contributed by atoms with Gasteiger partial charge in [-0.25, -0.2) is 0 Å². The van der Waals surface area contributed by atoms with Crippen LogP contribution in [0.4, 0.5) is 0 Å². The van der Waals surface area contributed by atoms with Gasteiger partial charge in [0.05, 0.1) is 12.2 Å². The summed E-state index contributed by atoms with van der Waals surface area (Å²) >= 11 is 0. The van der Waals surface area contributed by atoms with Gasteiger partial charge >= 0.3 is 0 Å². The van der Waals surface area contributed by atoms with Crippen LogP contribution in [0.2, 0.25) is 0 Å². The maximum Gasteiger partial charge on any atom is 0.273 e. The molecule has 0 aliphatic rings. The van der Waals surface area contributed by atoms with Gasteiger partial charge in [0.1, 0.15) is 5.75 Å². The summed E-state index contributed by atoms with van der Waals surface area (Å²) in [5, 5.41) is 2.75. The molecule has 0 unspecified atom stereocenters. The molecule has 29 heavy (non-hydrogen) atoms. The van der Waals surface area contributed by atoms with E-state index >= 15 is 0 Å². The monoisotopic (exact) mass is 397 g/mol. The molecule has 0 fully saturated rings. The van der Waals surface area contributed by atoms with Gasteiger partial charge in [0.15, 0.2) is 0 Å². The van der Waals surface area contributed by atoms with Crippen LogP contribution in [0, 0.1) is 5.92 Å². The molecule has 0 saturated carbocycles. The molecule has 0 radical (unpaired) electrons. The number of nitrogens with one attached hydrogen (secondary N) is 3. The van der Waals surface area contributed by atoms with Gasteiger partial charge in [-0.3, -0.25) is 25.2 Å². The van der Waals surface area contributed by atoms with Gasteiger partial charge in [0.25, 0.3) is 5.91 Å². The maximum atomic E-state index is 12.3.